The van der Waals surface area contributed by atoms with Crippen molar-refractivity contribution < 1.29 is 4.74 Å². The molecule has 3 heteroatoms. The number of hydrogen-bond donors (Lipinski definition) is 1. The van der Waals surface area contributed by atoms with E-state index in [2.05, 4.69) is 48.1 Å². The fourth-order valence-corrected chi connectivity index (χ4v) is 2.46. The first-order valence-corrected chi connectivity index (χ1v) is 6.58. The Balaban J connectivity index is 2.23. The molecule has 0 saturated heterocycles. The number of anilines is 1. The SMILES string of the molecule is COc1ccc(C)cc1C(C)Nc1ccsc1. The molecule has 0 amide bonds. The van der Waals surface area contributed by atoms with Crippen LogP contribution in [0.1, 0.15) is 24.1 Å². The van der Waals surface area contributed by atoms with Gasteiger partial charge in [-0.05, 0) is 31.4 Å². The Labute approximate surface area is 106 Å². The van der Waals surface area contributed by atoms with Gasteiger partial charge in [0.25, 0.3) is 0 Å². The minimum Gasteiger partial charge on any atom is -0.496 e. The summed E-state index contributed by atoms with van der Waals surface area (Å²) in [6.07, 6.45) is 0. The van der Waals surface area contributed by atoms with Crippen molar-refractivity contribution in [3.63, 3.8) is 0 Å². The van der Waals surface area contributed by atoms with Gasteiger partial charge in [0.1, 0.15) is 5.75 Å². The summed E-state index contributed by atoms with van der Waals surface area (Å²) in [5, 5.41) is 7.65. The normalized spacial score (nSPS) is 12.2. The summed E-state index contributed by atoms with van der Waals surface area (Å²) >= 11 is 1.70. The third-order valence-corrected chi connectivity index (χ3v) is 3.44. The molecule has 0 radical (unpaired) electrons. The second kappa shape index (κ2) is 5.23. The zero-order valence-electron chi connectivity index (χ0n) is 10.4. The highest BCUT2D eigenvalue weighted by Crippen LogP contribution is 2.29. The molecule has 2 nitrogen and oxygen atoms in total. The van der Waals surface area contributed by atoms with Crippen LogP contribution in [0, 0.1) is 6.92 Å². The average molecular weight is 247 g/mol. The van der Waals surface area contributed by atoms with E-state index in [4.69, 9.17) is 4.74 Å². The molecule has 90 valence electrons. The second-order valence-electron chi connectivity index (χ2n) is 4.12. The van der Waals surface area contributed by atoms with Crippen LogP contribution in [-0.4, -0.2) is 7.11 Å². The Bertz CT molecular complexity index is 479. The Hall–Kier alpha value is -1.48. The Morgan fingerprint density at radius 3 is 2.76 bits per heavy atom. The standard InChI is InChI=1S/C14H17NOS/c1-10-4-5-14(16-3)13(8-10)11(2)15-12-6-7-17-9-12/h4-9,11,15H,1-3H3. The third kappa shape index (κ3) is 2.80. The van der Waals surface area contributed by atoms with Crippen molar-refractivity contribution in [3.8, 4) is 5.75 Å². The van der Waals surface area contributed by atoms with E-state index in [0.717, 1.165) is 11.4 Å². The number of ether oxygens (including phenoxy) is 1. The van der Waals surface area contributed by atoms with Crippen LogP contribution in [0.2, 0.25) is 0 Å². The molecule has 1 aromatic heterocycles. The zero-order chi connectivity index (χ0) is 12.3. The molecule has 1 aromatic carbocycles. The number of benzene rings is 1. The number of aryl methyl sites for hydroxylation is 1. The van der Waals surface area contributed by atoms with Crippen molar-refractivity contribution in [3.05, 3.63) is 46.2 Å². The first kappa shape index (κ1) is 12.0. The lowest BCUT2D eigenvalue weighted by molar-refractivity contribution is 0.408. The largest absolute Gasteiger partial charge is 0.496 e. The van der Waals surface area contributed by atoms with Crippen LogP contribution in [0.25, 0.3) is 0 Å². The Morgan fingerprint density at radius 2 is 2.12 bits per heavy atom. The summed E-state index contributed by atoms with van der Waals surface area (Å²) in [5.74, 6) is 0.936. The van der Waals surface area contributed by atoms with Gasteiger partial charge in [-0.2, -0.15) is 11.3 Å². The maximum Gasteiger partial charge on any atom is 0.124 e. The monoisotopic (exact) mass is 247 g/mol. The van der Waals surface area contributed by atoms with Gasteiger partial charge in [-0.15, -0.1) is 0 Å². The van der Waals surface area contributed by atoms with E-state index in [1.165, 1.54) is 11.1 Å². The molecule has 0 fully saturated rings. The minimum atomic E-state index is 0.236. The summed E-state index contributed by atoms with van der Waals surface area (Å²) < 4.78 is 5.40. The molecular formula is C14H17NOS. The number of methoxy groups -OCH3 is 1. The van der Waals surface area contributed by atoms with Crippen molar-refractivity contribution in [1.29, 1.82) is 0 Å². The molecule has 17 heavy (non-hydrogen) atoms. The van der Waals surface area contributed by atoms with Crippen LogP contribution < -0.4 is 10.1 Å². The summed E-state index contributed by atoms with van der Waals surface area (Å²) in [7, 11) is 1.71. The fraction of sp³-hybridized carbons (Fsp3) is 0.286. The zero-order valence-corrected chi connectivity index (χ0v) is 11.2. The van der Waals surface area contributed by atoms with Gasteiger partial charge in [-0.25, -0.2) is 0 Å². The van der Waals surface area contributed by atoms with Crippen LogP contribution in [0.15, 0.2) is 35.0 Å². The number of hydrogen-bond acceptors (Lipinski definition) is 3. The number of thiophene rings is 1. The molecule has 0 spiro atoms. The van der Waals surface area contributed by atoms with Gasteiger partial charge in [0.05, 0.1) is 13.2 Å². The highest BCUT2D eigenvalue weighted by atomic mass is 32.1. The summed E-state index contributed by atoms with van der Waals surface area (Å²) in [4.78, 5) is 0. The van der Waals surface area contributed by atoms with Crippen LogP contribution >= 0.6 is 11.3 Å². The van der Waals surface area contributed by atoms with Gasteiger partial charge < -0.3 is 10.1 Å². The van der Waals surface area contributed by atoms with Crippen LogP contribution in [0.5, 0.6) is 5.75 Å². The molecule has 2 rings (SSSR count). The summed E-state index contributed by atoms with van der Waals surface area (Å²) in [6.45, 7) is 4.25. The van der Waals surface area contributed by atoms with E-state index in [1.807, 2.05) is 6.07 Å². The predicted molar refractivity (Wildman–Crippen MR) is 74.1 cm³/mol. The molecule has 0 aliphatic heterocycles. The van der Waals surface area contributed by atoms with E-state index >= 15 is 0 Å². The Kier molecular flexibility index (Phi) is 3.69. The van der Waals surface area contributed by atoms with E-state index in [-0.39, 0.29) is 6.04 Å². The van der Waals surface area contributed by atoms with Gasteiger partial charge in [-0.3, -0.25) is 0 Å². The summed E-state index contributed by atoms with van der Waals surface area (Å²) in [6, 6.07) is 8.59. The predicted octanol–water partition coefficient (Wildman–Crippen LogP) is 4.24. The van der Waals surface area contributed by atoms with Crippen LogP contribution in [0.4, 0.5) is 5.69 Å². The Morgan fingerprint density at radius 1 is 1.29 bits per heavy atom. The van der Waals surface area contributed by atoms with Crippen molar-refractivity contribution >= 4 is 17.0 Å². The van der Waals surface area contributed by atoms with Crippen molar-refractivity contribution in [1.82, 2.24) is 0 Å². The lowest BCUT2D eigenvalue weighted by Crippen LogP contribution is -2.07. The molecule has 1 N–H and O–H groups in total. The lowest BCUT2D eigenvalue weighted by atomic mass is 10.0. The molecule has 2 aromatic rings. The lowest BCUT2D eigenvalue weighted by Gasteiger charge is -2.18. The number of nitrogens with one attached hydrogen (secondary N) is 1. The van der Waals surface area contributed by atoms with Gasteiger partial charge in [0.15, 0.2) is 0 Å². The minimum absolute atomic E-state index is 0.236. The quantitative estimate of drug-likeness (QED) is 0.872. The second-order valence-corrected chi connectivity index (χ2v) is 4.90. The number of rotatable bonds is 4. The van der Waals surface area contributed by atoms with Gasteiger partial charge in [0.2, 0.25) is 0 Å². The van der Waals surface area contributed by atoms with E-state index in [1.54, 1.807) is 18.4 Å². The van der Waals surface area contributed by atoms with E-state index in [0.29, 0.717) is 0 Å². The fourth-order valence-electron chi connectivity index (χ4n) is 1.87. The summed E-state index contributed by atoms with van der Waals surface area (Å²) in [5.41, 5.74) is 3.60. The van der Waals surface area contributed by atoms with Gasteiger partial charge in [-0.1, -0.05) is 17.7 Å². The first-order chi connectivity index (χ1) is 8.20. The molecule has 0 aliphatic rings. The molecule has 1 unspecified atom stereocenters. The first-order valence-electron chi connectivity index (χ1n) is 5.64. The molecular weight excluding hydrogens is 230 g/mol. The van der Waals surface area contributed by atoms with Gasteiger partial charge in [0, 0.05) is 16.6 Å². The average Bonchev–Trinajstić information content (AvgIpc) is 2.81. The maximum absolute atomic E-state index is 5.40. The van der Waals surface area contributed by atoms with Gasteiger partial charge >= 0.3 is 0 Å². The molecule has 1 heterocycles. The molecule has 0 bridgehead atoms. The third-order valence-electron chi connectivity index (χ3n) is 2.76. The highest BCUT2D eigenvalue weighted by Gasteiger charge is 2.11. The topological polar surface area (TPSA) is 21.3 Å². The van der Waals surface area contributed by atoms with Crippen LogP contribution in [0.3, 0.4) is 0 Å². The van der Waals surface area contributed by atoms with Crippen LogP contribution in [-0.2, 0) is 0 Å². The molecule has 1 atom stereocenters. The highest BCUT2D eigenvalue weighted by molar-refractivity contribution is 7.08. The molecule has 0 saturated carbocycles. The molecule has 0 aliphatic carbocycles. The smallest absolute Gasteiger partial charge is 0.124 e. The van der Waals surface area contributed by atoms with Crippen molar-refractivity contribution in [2.75, 3.05) is 12.4 Å². The maximum atomic E-state index is 5.40. The van der Waals surface area contributed by atoms with Crippen molar-refractivity contribution in [2.45, 2.75) is 19.9 Å². The van der Waals surface area contributed by atoms with E-state index in [9.17, 15) is 0 Å². The van der Waals surface area contributed by atoms with Crippen molar-refractivity contribution in [2.24, 2.45) is 0 Å². The van der Waals surface area contributed by atoms with E-state index < -0.39 is 0 Å².